The van der Waals surface area contributed by atoms with Crippen molar-refractivity contribution in [3.63, 3.8) is 0 Å². The Hall–Kier alpha value is -1.26. The molecule has 1 unspecified atom stereocenters. The van der Waals surface area contributed by atoms with Crippen molar-refractivity contribution in [1.82, 2.24) is 10.2 Å². The summed E-state index contributed by atoms with van der Waals surface area (Å²) < 4.78 is 0. The van der Waals surface area contributed by atoms with E-state index in [0.717, 1.165) is 25.9 Å². The van der Waals surface area contributed by atoms with Gasteiger partial charge in [0.15, 0.2) is 0 Å². The molecule has 0 aromatic heterocycles. The van der Waals surface area contributed by atoms with E-state index in [1.807, 2.05) is 0 Å². The highest BCUT2D eigenvalue weighted by Gasteiger charge is 2.30. The van der Waals surface area contributed by atoms with Crippen molar-refractivity contribution >= 4 is 12.0 Å². The number of carbonyl (C=O) groups excluding carboxylic acids is 1. The van der Waals surface area contributed by atoms with Crippen LogP contribution in [0.3, 0.4) is 0 Å². The summed E-state index contributed by atoms with van der Waals surface area (Å²) in [5.41, 5.74) is -0.701. The number of carboxylic acids is 1. The average molecular weight is 242 g/mol. The van der Waals surface area contributed by atoms with E-state index in [2.05, 4.69) is 12.2 Å². The monoisotopic (exact) mass is 242 g/mol. The summed E-state index contributed by atoms with van der Waals surface area (Å²) in [7, 11) is 0. The van der Waals surface area contributed by atoms with E-state index in [0.29, 0.717) is 5.92 Å². The maximum Gasteiger partial charge on any atom is 0.317 e. The first-order valence-electron chi connectivity index (χ1n) is 6.13. The summed E-state index contributed by atoms with van der Waals surface area (Å²) in [6.45, 7) is 7.14. The molecule has 0 aliphatic carbocycles. The van der Waals surface area contributed by atoms with Crippen molar-refractivity contribution in [3.8, 4) is 0 Å². The van der Waals surface area contributed by atoms with Gasteiger partial charge in [-0.1, -0.05) is 13.3 Å². The first-order chi connectivity index (χ1) is 7.84. The van der Waals surface area contributed by atoms with Crippen LogP contribution in [0.2, 0.25) is 0 Å². The van der Waals surface area contributed by atoms with E-state index in [1.165, 1.54) is 0 Å². The Bertz CT molecular complexity index is 302. The number of likely N-dealkylation sites (tertiary alicyclic amines) is 1. The standard InChI is InChI=1S/C12H22N2O3/c1-4-9-5-6-14(8-9)11(17)13-12(2,3)7-10(15)16/h9H,4-8H2,1-3H3,(H,13,17)(H,15,16). The molecule has 5 nitrogen and oxygen atoms in total. The van der Waals surface area contributed by atoms with Crippen molar-refractivity contribution in [2.24, 2.45) is 5.92 Å². The molecule has 17 heavy (non-hydrogen) atoms. The third kappa shape index (κ3) is 4.24. The van der Waals surface area contributed by atoms with Crippen molar-refractivity contribution < 1.29 is 14.7 Å². The summed E-state index contributed by atoms with van der Waals surface area (Å²) >= 11 is 0. The van der Waals surface area contributed by atoms with Crippen LogP contribution < -0.4 is 5.32 Å². The molecule has 0 aromatic carbocycles. The van der Waals surface area contributed by atoms with Gasteiger partial charge in [-0.2, -0.15) is 0 Å². The number of amides is 2. The number of carboxylic acid groups (broad SMARTS) is 1. The summed E-state index contributed by atoms with van der Waals surface area (Å²) in [5.74, 6) is -0.313. The number of hydrogen-bond acceptors (Lipinski definition) is 2. The molecule has 1 atom stereocenters. The maximum absolute atomic E-state index is 11.9. The minimum atomic E-state index is -0.900. The molecule has 0 spiro atoms. The minimum Gasteiger partial charge on any atom is -0.481 e. The molecule has 0 saturated carbocycles. The van der Waals surface area contributed by atoms with E-state index in [1.54, 1.807) is 18.7 Å². The van der Waals surface area contributed by atoms with Crippen LogP contribution in [0, 0.1) is 5.92 Å². The van der Waals surface area contributed by atoms with E-state index < -0.39 is 11.5 Å². The van der Waals surface area contributed by atoms with Crippen molar-refractivity contribution in [2.75, 3.05) is 13.1 Å². The van der Waals surface area contributed by atoms with Crippen molar-refractivity contribution in [3.05, 3.63) is 0 Å². The van der Waals surface area contributed by atoms with Crippen LogP contribution in [0.5, 0.6) is 0 Å². The molecule has 1 rings (SSSR count). The predicted molar refractivity (Wildman–Crippen MR) is 64.8 cm³/mol. The first-order valence-corrected chi connectivity index (χ1v) is 6.13. The van der Waals surface area contributed by atoms with Gasteiger partial charge in [0.1, 0.15) is 0 Å². The molecule has 1 saturated heterocycles. The molecule has 1 aliphatic heterocycles. The lowest BCUT2D eigenvalue weighted by Gasteiger charge is -2.27. The molecule has 2 N–H and O–H groups in total. The zero-order valence-electron chi connectivity index (χ0n) is 10.8. The minimum absolute atomic E-state index is 0.0657. The SMILES string of the molecule is CCC1CCN(C(=O)NC(C)(C)CC(=O)O)C1. The van der Waals surface area contributed by atoms with Gasteiger partial charge in [0, 0.05) is 18.6 Å². The lowest BCUT2D eigenvalue weighted by molar-refractivity contribution is -0.138. The van der Waals surface area contributed by atoms with Gasteiger partial charge in [-0.15, -0.1) is 0 Å². The zero-order chi connectivity index (χ0) is 13.1. The van der Waals surface area contributed by atoms with Crippen LogP contribution in [0.15, 0.2) is 0 Å². The number of nitrogens with one attached hydrogen (secondary N) is 1. The highest BCUT2D eigenvalue weighted by Crippen LogP contribution is 2.19. The van der Waals surface area contributed by atoms with Crippen LogP contribution in [0.1, 0.15) is 40.0 Å². The highest BCUT2D eigenvalue weighted by molar-refractivity contribution is 5.77. The maximum atomic E-state index is 11.9. The summed E-state index contributed by atoms with van der Waals surface area (Å²) in [6.07, 6.45) is 2.06. The number of rotatable bonds is 4. The molecule has 1 aliphatic rings. The Balaban J connectivity index is 2.46. The average Bonchev–Trinajstić information content (AvgIpc) is 2.62. The summed E-state index contributed by atoms with van der Waals surface area (Å²) in [6, 6.07) is -0.146. The van der Waals surface area contributed by atoms with E-state index >= 15 is 0 Å². The van der Waals surface area contributed by atoms with Gasteiger partial charge in [-0.3, -0.25) is 4.79 Å². The van der Waals surface area contributed by atoms with Gasteiger partial charge in [-0.25, -0.2) is 4.79 Å². The third-order valence-corrected chi connectivity index (χ3v) is 3.19. The summed E-state index contributed by atoms with van der Waals surface area (Å²) in [4.78, 5) is 24.4. The second-order valence-electron chi connectivity index (χ2n) is 5.39. The highest BCUT2D eigenvalue weighted by atomic mass is 16.4. The largest absolute Gasteiger partial charge is 0.481 e. The van der Waals surface area contributed by atoms with Crippen molar-refractivity contribution in [2.45, 2.75) is 45.6 Å². The van der Waals surface area contributed by atoms with Gasteiger partial charge in [0.05, 0.1) is 6.42 Å². The quantitative estimate of drug-likeness (QED) is 0.788. The van der Waals surface area contributed by atoms with Crippen LogP contribution >= 0.6 is 0 Å². The number of aliphatic carboxylic acids is 1. The normalized spacial score (nSPS) is 20.4. The third-order valence-electron chi connectivity index (χ3n) is 3.19. The van der Waals surface area contributed by atoms with Gasteiger partial charge in [0.2, 0.25) is 0 Å². The lowest BCUT2D eigenvalue weighted by atomic mass is 10.0. The molecule has 0 bridgehead atoms. The fraction of sp³-hybridized carbons (Fsp3) is 0.833. The van der Waals surface area contributed by atoms with Crippen LogP contribution in [0.4, 0.5) is 4.79 Å². The Morgan fingerprint density at radius 2 is 2.12 bits per heavy atom. The topological polar surface area (TPSA) is 69.6 Å². The van der Waals surface area contributed by atoms with E-state index in [-0.39, 0.29) is 12.5 Å². The fourth-order valence-electron chi connectivity index (χ4n) is 2.14. The molecule has 98 valence electrons. The molecule has 5 heteroatoms. The smallest absolute Gasteiger partial charge is 0.317 e. The molecule has 1 fully saturated rings. The van der Waals surface area contributed by atoms with Gasteiger partial charge < -0.3 is 15.3 Å². The second-order valence-corrected chi connectivity index (χ2v) is 5.39. The Morgan fingerprint density at radius 1 is 1.47 bits per heavy atom. The molecule has 2 amide bonds. The predicted octanol–water partition coefficient (Wildman–Crippen LogP) is 1.68. The number of nitrogens with zero attached hydrogens (tertiary/aromatic N) is 1. The Morgan fingerprint density at radius 3 is 2.59 bits per heavy atom. The zero-order valence-corrected chi connectivity index (χ0v) is 10.8. The first kappa shape index (κ1) is 13.8. The number of carbonyl (C=O) groups is 2. The van der Waals surface area contributed by atoms with E-state index in [4.69, 9.17) is 5.11 Å². The van der Waals surface area contributed by atoms with Crippen molar-refractivity contribution in [1.29, 1.82) is 0 Å². The van der Waals surface area contributed by atoms with Crippen LogP contribution in [-0.4, -0.2) is 40.6 Å². The molecule has 1 heterocycles. The van der Waals surface area contributed by atoms with Crippen LogP contribution in [-0.2, 0) is 4.79 Å². The van der Waals surface area contributed by atoms with Gasteiger partial charge >= 0.3 is 12.0 Å². The molecular weight excluding hydrogens is 220 g/mol. The van der Waals surface area contributed by atoms with Gasteiger partial charge in [0.25, 0.3) is 0 Å². The molecule has 0 radical (unpaired) electrons. The molecular formula is C12H22N2O3. The van der Waals surface area contributed by atoms with Gasteiger partial charge in [-0.05, 0) is 26.2 Å². The molecule has 0 aromatic rings. The Labute approximate surface area is 102 Å². The fourth-order valence-corrected chi connectivity index (χ4v) is 2.14. The second kappa shape index (κ2) is 5.38. The Kier molecular flexibility index (Phi) is 4.37. The van der Waals surface area contributed by atoms with E-state index in [9.17, 15) is 9.59 Å². The lowest BCUT2D eigenvalue weighted by Crippen LogP contribution is -2.50. The summed E-state index contributed by atoms with van der Waals surface area (Å²) in [5, 5.41) is 11.5. The van der Waals surface area contributed by atoms with Crippen LogP contribution in [0.25, 0.3) is 0 Å². The number of hydrogen-bond donors (Lipinski definition) is 2. The number of urea groups is 1.